The molecule has 110 valence electrons. The zero-order valence-electron chi connectivity index (χ0n) is 12.2. The summed E-state index contributed by atoms with van der Waals surface area (Å²) < 4.78 is 11.0. The van der Waals surface area contributed by atoms with Gasteiger partial charge in [0.05, 0.1) is 19.3 Å². The van der Waals surface area contributed by atoms with E-state index in [9.17, 15) is 0 Å². The summed E-state index contributed by atoms with van der Waals surface area (Å²) in [6, 6.07) is 5.68. The number of methoxy groups -OCH3 is 1. The molecule has 0 amide bonds. The topological polar surface area (TPSA) is 68.3 Å². The lowest BCUT2D eigenvalue weighted by Gasteiger charge is -2.21. The summed E-state index contributed by atoms with van der Waals surface area (Å²) in [5, 5.41) is 7.57. The van der Waals surface area contributed by atoms with E-state index in [0.29, 0.717) is 23.8 Å². The first kappa shape index (κ1) is 14.9. The van der Waals surface area contributed by atoms with E-state index in [0.717, 1.165) is 12.2 Å². The second kappa shape index (κ2) is 7.29. The monoisotopic (exact) mass is 276 g/mol. The Labute approximate surface area is 120 Å². The molecule has 0 atom stereocenters. The molecule has 2 rings (SSSR count). The van der Waals surface area contributed by atoms with E-state index in [1.807, 2.05) is 18.2 Å². The van der Waals surface area contributed by atoms with Crippen LogP contribution in [0.15, 0.2) is 18.2 Å². The average Bonchev–Trinajstić information content (AvgIpc) is 2.48. The van der Waals surface area contributed by atoms with Gasteiger partial charge >= 0.3 is 0 Å². The van der Waals surface area contributed by atoms with Crippen molar-refractivity contribution in [3.8, 4) is 5.75 Å². The Morgan fingerprint density at radius 3 is 2.70 bits per heavy atom. The quantitative estimate of drug-likeness (QED) is 0.619. The maximum Gasteiger partial charge on any atom is 0.129 e. The molecule has 0 spiro atoms. The van der Waals surface area contributed by atoms with E-state index in [1.54, 1.807) is 7.11 Å². The van der Waals surface area contributed by atoms with Gasteiger partial charge < -0.3 is 15.2 Å². The zero-order valence-corrected chi connectivity index (χ0v) is 12.2. The first-order valence-electron chi connectivity index (χ1n) is 7.29. The second-order valence-electron chi connectivity index (χ2n) is 5.47. The molecule has 0 saturated heterocycles. The predicted octanol–water partition coefficient (Wildman–Crippen LogP) is 3.08. The minimum Gasteiger partial charge on any atom is -0.496 e. The van der Waals surface area contributed by atoms with E-state index in [4.69, 9.17) is 20.6 Å². The summed E-state index contributed by atoms with van der Waals surface area (Å²) >= 11 is 0. The molecule has 0 bridgehead atoms. The van der Waals surface area contributed by atoms with Gasteiger partial charge in [-0.2, -0.15) is 0 Å². The van der Waals surface area contributed by atoms with Crippen LogP contribution >= 0.6 is 0 Å². The van der Waals surface area contributed by atoms with Crippen LogP contribution in [-0.2, 0) is 11.3 Å². The number of ether oxygens (including phenoxy) is 2. The van der Waals surface area contributed by atoms with Gasteiger partial charge in [0.25, 0.3) is 0 Å². The molecule has 1 aromatic carbocycles. The Morgan fingerprint density at radius 1 is 1.30 bits per heavy atom. The molecule has 4 heteroatoms. The maximum atomic E-state index is 7.57. The summed E-state index contributed by atoms with van der Waals surface area (Å²) in [5.41, 5.74) is 7.23. The highest BCUT2D eigenvalue weighted by Crippen LogP contribution is 2.24. The van der Waals surface area contributed by atoms with E-state index in [2.05, 4.69) is 0 Å². The van der Waals surface area contributed by atoms with Gasteiger partial charge in [-0.05, 0) is 36.5 Å². The molecule has 0 heterocycles. The van der Waals surface area contributed by atoms with Crippen molar-refractivity contribution in [3.63, 3.8) is 0 Å². The Kier molecular flexibility index (Phi) is 5.41. The molecular weight excluding hydrogens is 252 g/mol. The lowest BCUT2D eigenvalue weighted by molar-refractivity contribution is 0.0739. The van der Waals surface area contributed by atoms with Gasteiger partial charge in [0.15, 0.2) is 0 Å². The molecule has 0 unspecified atom stereocenters. The van der Waals surface area contributed by atoms with Crippen molar-refractivity contribution in [2.75, 3.05) is 13.7 Å². The van der Waals surface area contributed by atoms with Crippen LogP contribution in [0, 0.1) is 11.3 Å². The standard InChI is InChI=1S/C16H24N2O2/c1-19-15-8-7-13(9-14(15)16(17)18)11-20-10-12-5-3-2-4-6-12/h7-9,12H,2-6,10-11H2,1H3,(H3,17,18). The smallest absolute Gasteiger partial charge is 0.129 e. The molecule has 1 aliphatic rings. The molecule has 1 fully saturated rings. The molecule has 0 radical (unpaired) electrons. The Morgan fingerprint density at radius 2 is 2.05 bits per heavy atom. The first-order valence-corrected chi connectivity index (χ1v) is 7.29. The molecule has 1 aliphatic carbocycles. The summed E-state index contributed by atoms with van der Waals surface area (Å²) in [6.45, 7) is 1.40. The number of amidine groups is 1. The van der Waals surface area contributed by atoms with Crippen molar-refractivity contribution >= 4 is 5.84 Å². The van der Waals surface area contributed by atoms with Crippen LogP contribution in [0.1, 0.15) is 43.2 Å². The first-order chi connectivity index (χ1) is 9.70. The minimum atomic E-state index is 0.0241. The van der Waals surface area contributed by atoms with Gasteiger partial charge in [-0.1, -0.05) is 25.3 Å². The number of hydrogen-bond acceptors (Lipinski definition) is 3. The van der Waals surface area contributed by atoms with Crippen LogP contribution in [0.4, 0.5) is 0 Å². The van der Waals surface area contributed by atoms with Gasteiger partial charge in [0.1, 0.15) is 11.6 Å². The maximum absolute atomic E-state index is 7.57. The average molecular weight is 276 g/mol. The summed E-state index contributed by atoms with van der Waals surface area (Å²) in [7, 11) is 1.58. The molecule has 0 aliphatic heterocycles. The van der Waals surface area contributed by atoms with E-state index < -0.39 is 0 Å². The Balaban J connectivity index is 1.89. The van der Waals surface area contributed by atoms with Crippen molar-refractivity contribution in [3.05, 3.63) is 29.3 Å². The highest BCUT2D eigenvalue weighted by atomic mass is 16.5. The summed E-state index contributed by atoms with van der Waals surface area (Å²) in [4.78, 5) is 0. The normalized spacial score (nSPS) is 16.1. The number of rotatable bonds is 6. The molecule has 1 saturated carbocycles. The summed E-state index contributed by atoms with van der Waals surface area (Å²) in [6.07, 6.45) is 6.63. The molecule has 4 nitrogen and oxygen atoms in total. The van der Waals surface area contributed by atoms with Crippen molar-refractivity contribution < 1.29 is 9.47 Å². The van der Waals surface area contributed by atoms with Crippen molar-refractivity contribution in [1.82, 2.24) is 0 Å². The van der Waals surface area contributed by atoms with E-state index in [1.165, 1.54) is 32.1 Å². The number of benzene rings is 1. The number of nitrogens with two attached hydrogens (primary N) is 1. The molecule has 3 N–H and O–H groups in total. The zero-order chi connectivity index (χ0) is 14.4. The summed E-state index contributed by atoms with van der Waals surface area (Å²) in [5.74, 6) is 1.37. The predicted molar refractivity (Wildman–Crippen MR) is 80.2 cm³/mol. The molecule has 1 aromatic rings. The highest BCUT2D eigenvalue weighted by Gasteiger charge is 2.13. The highest BCUT2D eigenvalue weighted by molar-refractivity contribution is 5.97. The second-order valence-corrected chi connectivity index (χ2v) is 5.47. The molecule has 20 heavy (non-hydrogen) atoms. The van der Waals surface area contributed by atoms with Gasteiger partial charge in [0, 0.05) is 6.61 Å². The fourth-order valence-corrected chi connectivity index (χ4v) is 2.75. The number of hydrogen-bond donors (Lipinski definition) is 2. The number of nitrogens with one attached hydrogen (secondary N) is 1. The van der Waals surface area contributed by atoms with Gasteiger partial charge in [-0.3, -0.25) is 5.41 Å². The third-order valence-corrected chi connectivity index (χ3v) is 3.90. The Bertz CT molecular complexity index is 454. The van der Waals surface area contributed by atoms with Gasteiger partial charge in [0.2, 0.25) is 0 Å². The third-order valence-electron chi connectivity index (χ3n) is 3.90. The fraction of sp³-hybridized carbons (Fsp3) is 0.562. The van der Waals surface area contributed by atoms with Crippen molar-refractivity contribution in [1.29, 1.82) is 5.41 Å². The molecular formula is C16H24N2O2. The van der Waals surface area contributed by atoms with Gasteiger partial charge in [-0.25, -0.2) is 0 Å². The Hall–Kier alpha value is -1.55. The van der Waals surface area contributed by atoms with Crippen LogP contribution in [0.25, 0.3) is 0 Å². The third kappa shape index (κ3) is 3.97. The fourth-order valence-electron chi connectivity index (χ4n) is 2.75. The van der Waals surface area contributed by atoms with Crippen LogP contribution in [0.2, 0.25) is 0 Å². The molecule has 0 aromatic heterocycles. The van der Waals surface area contributed by atoms with Crippen molar-refractivity contribution in [2.24, 2.45) is 11.7 Å². The largest absolute Gasteiger partial charge is 0.496 e. The van der Waals surface area contributed by atoms with Crippen LogP contribution in [-0.4, -0.2) is 19.6 Å². The lowest BCUT2D eigenvalue weighted by Crippen LogP contribution is -2.14. The van der Waals surface area contributed by atoms with Crippen LogP contribution in [0.5, 0.6) is 5.75 Å². The van der Waals surface area contributed by atoms with Crippen LogP contribution < -0.4 is 10.5 Å². The minimum absolute atomic E-state index is 0.0241. The number of nitrogen functional groups attached to an aromatic ring is 1. The van der Waals surface area contributed by atoms with Gasteiger partial charge in [-0.15, -0.1) is 0 Å². The van der Waals surface area contributed by atoms with E-state index in [-0.39, 0.29) is 5.84 Å². The van der Waals surface area contributed by atoms with Crippen molar-refractivity contribution in [2.45, 2.75) is 38.7 Å². The lowest BCUT2D eigenvalue weighted by atomic mass is 9.90. The SMILES string of the molecule is COc1ccc(COCC2CCCCC2)cc1C(=N)N. The van der Waals surface area contributed by atoms with E-state index >= 15 is 0 Å². The van der Waals surface area contributed by atoms with Crippen LogP contribution in [0.3, 0.4) is 0 Å².